The van der Waals surface area contributed by atoms with Gasteiger partial charge in [-0.05, 0) is 51.9 Å². The lowest BCUT2D eigenvalue weighted by Gasteiger charge is -2.57. The molecule has 3 fully saturated rings. The monoisotopic (exact) mass is 382 g/mol. The summed E-state index contributed by atoms with van der Waals surface area (Å²) in [5.41, 5.74) is -1.74. The summed E-state index contributed by atoms with van der Waals surface area (Å²) in [6, 6.07) is 0. The van der Waals surface area contributed by atoms with Crippen molar-refractivity contribution in [1.29, 1.82) is 0 Å². The van der Waals surface area contributed by atoms with Crippen LogP contribution in [0.3, 0.4) is 0 Å². The number of carbonyl (C=O) groups excluding carboxylic acids is 1. The molecular weight excluding hydrogens is 352 g/mol. The third kappa shape index (κ3) is 3.30. The molecule has 0 radical (unpaired) electrons. The summed E-state index contributed by atoms with van der Waals surface area (Å²) in [6.07, 6.45) is 2.21. The van der Waals surface area contributed by atoms with Gasteiger partial charge in [-0.3, -0.25) is 4.79 Å². The fourth-order valence-electron chi connectivity index (χ4n) is 5.28. The van der Waals surface area contributed by atoms with Gasteiger partial charge in [0.05, 0.1) is 12.0 Å². The van der Waals surface area contributed by atoms with Crippen LogP contribution in [0.15, 0.2) is 12.2 Å². The average Bonchev–Trinajstić information content (AvgIpc) is 3.03. The van der Waals surface area contributed by atoms with Crippen LogP contribution in [-0.2, 0) is 23.8 Å². The molecule has 1 heterocycles. The van der Waals surface area contributed by atoms with Gasteiger partial charge in [-0.2, -0.15) is 0 Å². The van der Waals surface area contributed by atoms with Crippen LogP contribution in [0, 0.1) is 17.3 Å². The van der Waals surface area contributed by atoms with Crippen LogP contribution in [0.1, 0.15) is 52.9 Å². The summed E-state index contributed by atoms with van der Waals surface area (Å²) >= 11 is 0. The van der Waals surface area contributed by atoms with Crippen LogP contribution < -0.4 is 0 Å². The maximum Gasteiger partial charge on any atom is 0.333 e. The van der Waals surface area contributed by atoms with Crippen molar-refractivity contribution in [3.8, 4) is 0 Å². The summed E-state index contributed by atoms with van der Waals surface area (Å²) in [7, 11) is 0. The third-order valence-corrected chi connectivity index (χ3v) is 6.61. The summed E-state index contributed by atoms with van der Waals surface area (Å²) in [6.45, 7) is 8.92. The standard InChI is InChI=1S/C20H30O7/c1-5-19(17(22)23)8-13-6-14(9-19)20(18(4,24)7-13)26-11-15(27-20)10-25-16(21)12(2)3/h13-15,24H,2,5-11H2,1,3-4H3,(H,22,23). The zero-order chi connectivity index (χ0) is 20.0. The molecule has 27 heavy (non-hydrogen) atoms. The second-order valence-electron chi connectivity index (χ2n) is 8.72. The first kappa shape index (κ1) is 20.3. The molecule has 2 bridgehead atoms. The number of hydrogen-bond acceptors (Lipinski definition) is 6. The Balaban J connectivity index is 1.80. The highest BCUT2D eigenvalue weighted by Crippen LogP contribution is 2.59. The van der Waals surface area contributed by atoms with Crippen LogP contribution >= 0.6 is 0 Å². The molecule has 2 saturated carbocycles. The number of carboxylic acid groups (broad SMARTS) is 1. The minimum atomic E-state index is -1.26. The maximum absolute atomic E-state index is 12.0. The van der Waals surface area contributed by atoms with Crippen molar-refractivity contribution in [3.05, 3.63) is 12.2 Å². The van der Waals surface area contributed by atoms with Crippen LogP contribution in [0.5, 0.6) is 0 Å². The fourth-order valence-corrected chi connectivity index (χ4v) is 5.28. The van der Waals surface area contributed by atoms with E-state index in [4.69, 9.17) is 14.2 Å². The summed E-state index contributed by atoms with van der Waals surface area (Å²) in [5.74, 6) is -2.66. The molecule has 152 valence electrons. The van der Waals surface area contributed by atoms with E-state index in [9.17, 15) is 19.8 Å². The molecule has 0 aromatic carbocycles. The van der Waals surface area contributed by atoms with Crippen molar-refractivity contribution in [2.75, 3.05) is 13.2 Å². The van der Waals surface area contributed by atoms with E-state index < -0.39 is 34.8 Å². The van der Waals surface area contributed by atoms with E-state index in [1.165, 1.54) is 0 Å². The van der Waals surface area contributed by atoms with Crippen molar-refractivity contribution >= 4 is 11.9 Å². The van der Waals surface area contributed by atoms with Crippen LogP contribution in [0.2, 0.25) is 0 Å². The molecule has 3 aliphatic rings. The Bertz CT molecular complexity index is 642. The van der Waals surface area contributed by atoms with E-state index in [0.717, 1.165) is 6.42 Å². The maximum atomic E-state index is 12.0. The lowest BCUT2D eigenvalue weighted by Crippen LogP contribution is -2.65. The van der Waals surface area contributed by atoms with Crippen molar-refractivity contribution in [2.45, 2.75) is 70.4 Å². The van der Waals surface area contributed by atoms with Gasteiger partial charge in [-0.25, -0.2) is 4.79 Å². The van der Waals surface area contributed by atoms with Crippen LogP contribution in [0.25, 0.3) is 0 Å². The minimum Gasteiger partial charge on any atom is -0.481 e. The molecule has 0 amide bonds. The fraction of sp³-hybridized carbons (Fsp3) is 0.800. The normalized spacial score (nSPS) is 43.5. The first-order valence-electron chi connectivity index (χ1n) is 9.65. The molecule has 6 atom stereocenters. The molecule has 6 unspecified atom stereocenters. The number of rotatable bonds is 5. The predicted molar refractivity (Wildman–Crippen MR) is 95.8 cm³/mol. The second kappa shape index (κ2) is 6.87. The molecule has 1 saturated heterocycles. The number of carboxylic acids is 1. The lowest BCUT2D eigenvalue weighted by molar-refractivity contribution is -0.331. The third-order valence-electron chi connectivity index (χ3n) is 6.61. The SMILES string of the molecule is C=C(C)C(=O)OCC1COC2(O1)C1CC(CC(CC)(C(=O)O)C1)CC2(C)O. The largest absolute Gasteiger partial charge is 0.481 e. The zero-order valence-corrected chi connectivity index (χ0v) is 16.3. The molecule has 2 aliphatic carbocycles. The smallest absolute Gasteiger partial charge is 0.333 e. The molecular formula is C20H30O7. The zero-order valence-electron chi connectivity index (χ0n) is 16.3. The van der Waals surface area contributed by atoms with E-state index in [2.05, 4.69) is 6.58 Å². The summed E-state index contributed by atoms with van der Waals surface area (Å²) < 4.78 is 17.4. The Labute approximate surface area is 159 Å². The van der Waals surface area contributed by atoms with Gasteiger partial charge in [-0.1, -0.05) is 13.5 Å². The molecule has 1 spiro atoms. The van der Waals surface area contributed by atoms with Gasteiger partial charge in [0, 0.05) is 11.5 Å². The van der Waals surface area contributed by atoms with E-state index in [1.54, 1.807) is 13.8 Å². The quantitative estimate of drug-likeness (QED) is 0.555. The molecule has 1 aliphatic heterocycles. The van der Waals surface area contributed by atoms with Gasteiger partial charge < -0.3 is 24.4 Å². The number of ether oxygens (including phenoxy) is 3. The highest BCUT2D eigenvalue weighted by atomic mass is 16.8. The van der Waals surface area contributed by atoms with Gasteiger partial charge in [-0.15, -0.1) is 0 Å². The van der Waals surface area contributed by atoms with Crippen LogP contribution in [-0.4, -0.2) is 52.9 Å². The molecule has 7 heteroatoms. The van der Waals surface area contributed by atoms with Crippen molar-refractivity contribution in [1.82, 2.24) is 0 Å². The molecule has 0 aromatic rings. The summed E-state index contributed by atoms with van der Waals surface area (Å²) in [5, 5.41) is 21.0. The van der Waals surface area contributed by atoms with Gasteiger partial charge in [0.2, 0.25) is 5.79 Å². The predicted octanol–water partition coefficient (Wildman–Crippen LogP) is 2.27. The van der Waals surface area contributed by atoms with Crippen molar-refractivity contribution in [3.63, 3.8) is 0 Å². The molecule has 0 aromatic heterocycles. The summed E-state index contributed by atoms with van der Waals surface area (Å²) in [4.78, 5) is 23.6. The van der Waals surface area contributed by atoms with E-state index >= 15 is 0 Å². The molecule has 2 N–H and O–H groups in total. The van der Waals surface area contributed by atoms with E-state index in [0.29, 0.717) is 31.3 Å². The van der Waals surface area contributed by atoms with E-state index in [1.807, 2.05) is 6.92 Å². The van der Waals surface area contributed by atoms with Gasteiger partial charge in [0.15, 0.2) is 0 Å². The first-order chi connectivity index (χ1) is 12.6. The Kier molecular flexibility index (Phi) is 5.16. The number of aliphatic hydroxyl groups is 1. The number of carbonyl (C=O) groups is 2. The number of hydrogen-bond donors (Lipinski definition) is 2. The number of esters is 1. The minimum absolute atomic E-state index is 0.0114. The molecule has 3 rings (SSSR count). The topological polar surface area (TPSA) is 102 Å². The highest BCUT2D eigenvalue weighted by molar-refractivity contribution is 5.86. The first-order valence-corrected chi connectivity index (χ1v) is 9.65. The van der Waals surface area contributed by atoms with Crippen LogP contribution in [0.4, 0.5) is 0 Å². The van der Waals surface area contributed by atoms with Crippen molar-refractivity contribution in [2.24, 2.45) is 17.3 Å². The Morgan fingerprint density at radius 1 is 1.30 bits per heavy atom. The van der Waals surface area contributed by atoms with E-state index in [-0.39, 0.29) is 25.0 Å². The Hall–Kier alpha value is -1.44. The highest BCUT2D eigenvalue weighted by Gasteiger charge is 2.66. The molecule has 7 nitrogen and oxygen atoms in total. The Morgan fingerprint density at radius 3 is 2.59 bits per heavy atom. The lowest BCUT2D eigenvalue weighted by atomic mass is 9.54. The van der Waals surface area contributed by atoms with Gasteiger partial charge in [0.25, 0.3) is 0 Å². The number of fused-ring (bicyclic) bond motifs is 3. The van der Waals surface area contributed by atoms with Gasteiger partial charge >= 0.3 is 11.9 Å². The van der Waals surface area contributed by atoms with Gasteiger partial charge in [0.1, 0.15) is 18.3 Å². The average molecular weight is 382 g/mol. The Morgan fingerprint density at radius 2 is 2.00 bits per heavy atom. The second-order valence-corrected chi connectivity index (χ2v) is 8.72. The number of aliphatic carboxylic acids is 1. The van der Waals surface area contributed by atoms with Crippen molar-refractivity contribution < 1.29 is 34.0 Å².